The highest BCUT2D eigenvalue weighted by Gasteiger charge is 2.25. The van der Waals surface area contributed by atoms with Crippen LogP contribution in [0.3, 0.4) is 0 Å². The van der Waals surface area contributed by atoms with E-state index in [-0.39, 0.29) is 11.3 Å². The molecule has 1 N–H and O–H groups in total. The van der Waals surface area contributed by atoms with E-state index in [2.05, 4.69) is 10.5 Å². The normalized spacial score (nSPS) is 11.7. The number of benzene rings is 1. The quantitative estimate of drug-likeness (QED) is 0.639. The Morgan fingerprint density at radius 3 is 2.44 bits per heavy atom. The molecule has 1 unspecified atom stereocenters. The minimum absolute atomic E-state index is 0.0593. The monoisotopic (exact) mass is 344 g/mol. The molecule has 1 amide bonds. The van der Waals surface area contributed by atoms with Gasteiger partial charge in [0.25, 0.3) is 5.91 Å². The highest BCUT2D eigenvalue weighted by Crippen LogP contribution is 2.17. The molecule has 2 aromatic rings. The van der Waals surface area contributed by atoms with E-state index in [4.69, 9.17) is 9.26 Å². The van der Waals surface area contributed by atoms with E-state index in [9.17, 15) is 14.4 Å². The maximum Gasteiger partial charge on any atom is 0.344 e. The first-order valence-electron chi connectivity index (χ1n) is 7.91. The van der Waals surface area contributed by atoms with E-state index in [1.165, 1.54) is 13.8 Å². The topological polar surface area (TPSA) is 98.5 Å². The third-order valence-corrected chi connectivity index (χ3v) is 3.68. The Morgan fingerprint density at radius 1 is 1.24 bits per heavy atom. The van der Waals surface area contributed by atoms with Gasteiger partial charge in [0.2, 0.25) is 0 Å². The molecule has 2 rings (SSSR count). The Kier molecular flexibility index (Phi) is 5.69. The Balaban J connectivity index is 2.01. The smallest absolute Gasteiger partial charge is 0.344 e. The van der Waals surface area contributed by atoms with Crippen LogP contribution in [0.4, 0.5) is 5.69 Å². The standard InChI is InChI=1S/C18H20N2O5/c1-5-15-16(11(3)25-20-15)18(23)24-12(4)17(22)19-14-8-6-13(7-9-14)10(2)21/h6-9,12H,5H2,1-4H3,(H,19,22). The van der Waals surface area contributed by atoms with Crippen molar-refractivity contribution in [3.63, 3.8) is 0 Å². The fourth-order valence-electron chi connectivity index (χ4n) is 2.23. The van der Waals surface area contributed by atoms with Crippen LogP contribution in [0, 0.1) is 6.92 Å². The number of Topliss-reactive ketones (excluding diaryl/α,β-unsaturated/α-hetero) is 1. The van der Waals surface area contributed by atoms with Gasteiger partial charge < -0.3 is 14.6 Å². The Morgan fingerprint density at radius 2 is 1.88 bits per heavy atom. The van der Waals surface area contributed by atoms with Crippen molar-refractivity contribution in [2.45, 2.75) is 40.2 Å². The summed E-state index contributed by atoms with van der Waals surface area (Å²) in [4.78, 5) is 35.7. The van der Waals surface area contributed by atoms with Gasteiger partial charge in [-0.3, -0.25) is 9.59 Å². The number of nitrogens with zero attached hydrogens (tertiary/aromatic N) is 1. The van der Waals surface area contributed by atoms with E-state index in [1.54, 1.807) is 31.2 Å². The third-order valence-electron chi connectivity index (χ3n) is 3.68. The molecule has 0 saturated carbocycles. The number of aryl methyl sites for hydroxylation is 2. The van der Waals surface area contributed by atoms with Crippen molar-refractivity contribution in [3.05, 3.63) is 46.8 Å². The third kappa shape index (κ3) is 4.32. The predicted molar refractivity (Wildman–Crippen MR) is 90.6 cm³/mol. The lowest BCUT2D eigenvalue weighted by atomic mass is 10.1. The molecule has 0 spiro atoms. The molecule has 7 nitrogen and oxygen atoms in total. The van der Waals surface area contributed by atoms with Crippen LogP contribution < -0.4 is 5.32 Å². The van der Waals surface area contributed by atoms with Gasteiger partial charge in [0, 0.05) is 11.3 Å². The molecule has 0 saturated heterocycles. The van der Waals surface area contributed by atoms with Crippen molar-refractivity contribution < 1.29 is 23.6 Å². The van der Waals surface area contributed by atoms with E-state index < -0.39 is 18.0 Å². The Hall–Kier alpha value is -2.96. The maximum atomic E-state index is 12.3. The summed E-state index contributed by atoms with van der Waals surface area (Å²) in [6.07, 6.45) is -0.482. The van der Waals surface area contributed by atoms with Gasteiger partial charge in [0.1, 0.15) is 11.3 Å². The van der Waals surface area contributed by atoms with E-state index in [0.29, 0.717) is 29.1 Å². The first-order valence-corrected chi connectivity index (χ1v) is 7.91. The number of esters is 1. The summed E-state index contributed by atoms with van der Waals surface area (Å²) < 4.78 is 10.2. The number of amides is 1. The van der Waals surface area contributed by atoms with Gasteiger partial charge in [0.15, 0.2) is 11.9 Å². The number of nitrogens with one attached hydrogen (secondary N) is 1. The van der Waals surface area contributed by atoms with Crippen LogP contribution in [0.2, 0.25) is 0 Å². The molecule has 0 radical (unpaired) electrons. The second-order valence-corrected chi connectivity index (χ2v) is 5.58. The van der Waals surface area contributed by atoms with E-state index in [1.807, 2.05) is 6.92 Å². The zero-order chi connectivity index (χ0) is 18.6. The first-order chi connectivity index (χ1) is 11.8. The number of carbonyl (C=O) groups excluding carboxylic acids is 3. The average molecular weight is 344 g/mol. The Bertz CT molecular complexity index is 792. The molecule has 0 fully saturated rings. The molecule has 25 heavy (non-hydrogen) atoms. The SMILES string of the molecule is CCc1noc(C)c1C(=O)OC(C)C(=O)Nc1ccc(C(C)=O)cc1. The molecule has 0 aliphatic heterocycles. The van der Waals surface area contributed by atoms with Gasteiger partial charge in [-0.15, -0.1) is 0 Å². The number of hydrogen-bond acceptors (Lipinski definition) is 6. The minimum Gasteiger partial charge on any atom is -0.449 e. The molecule has 1 aromatic heterocycles. The summed E-state index contributed by atoms with van der Waals surface area (Å²) >= 11 is 0. The molecule has 0 bridgehead atoms. The van der Waals surface area contributed by atoms with Crippen LogP contribution in [0.15, 0.2) is 28.8 Å². The molecular formula is C18H20N2O5. The van der Waals surface area contributed by atoms with Crippen LogP contribution >= 0.6 is 0 Å². The summed E-state index contributed by atoms with van der Waals surface area (Å²) in [5.74, 6) is -0.827. The predicted octanol–water partition coefficient (Wildman–Crippen LogP) is 2.93. The van der Waals surface area contributed by atoms with Crippen LogP contribution in [-0.2, 0) is 16.0 Å². The number of rotatable bonds is 6. The molecule has 1 atom stereocenters. The first kappa shape index (κ1) is 18.4. The van der Waals surface area contributed by atoms with Gasteiger partial charge >= 0.3 is 5.97 Å². The van der Waals surface area contributed by atoms with Gasteiger partial charge in [-0.05, 0) is 51.5 Å². The molecule has 7 heteroatoms. The highest BCUT2D eigenvalue weighted by atomic mass is 16.5. The molecule has 132 valence electrons. The van der Waals surface area contributed by atoms with Crippen molar-refractivity contribution in [1.29, 1.82) is 0 Å². The van der Waals surface area contributed by atoms with Gasteiger partial charge in [-0.1, -0.05) is 12.1 Å². The molecule has 1 heterocycles. The van der Waals surface area contributed by atoms with Gasteiger partial charge in [-0.2, -0.15) is 0 Å². The minimum atomic E-state index is -1.00. The molecule has 0 aliphatic rings. The van der Waals surface area contributed by atoms with Crippen molar-refractivity contribution in [2.24, 2.45) is 0 Å². The lowest BCUT2D eigenvalue weighted by molar-refractivity contribution is -0.123. The number of carbonyl (C=O) groups is 3. The van der Waals surface area contributed by atoms with Crippen molar-refractivity contribution >= 4 is 23.3 Å². The Labute approximate surface area is 145 Å². The largest absolute Gasteiger partial charge is 0.449 e. The highest BCUT2D eigenvalue weighted by molar-refractivity contribution is 5.99. The summed E-state index contributed by atoms with van der Waals surface area (Å²) in [5.41, 5.74) is 1.81. The van der Waals surface area contributed by atoms with Crippen molar-refractivity contribution in [3.8, 4) is 0 Å². The van der Waals surface area contributed by atoms with Crippen molar-refractivity contribution in [1.82, 2.24) is 5.16 Å². The fourth-order valence-corrected chi connectivity index (χ4v) is 2.23. The summed E-state index contributed by atoms with van der Waals surface area (Å²) in [6, 6.07) is 6.45. The number of anilines is 1. The number of aromatic nitrogens is 1. The zero-order valence-electron chi connectivity index (χ0n) is 14.6. The number of ether oxygens (including phenoxy) is 1. The van der Waals surface area contributed by atoms with E-state index >= 15 is 0 Å². The van der Waals surface area contributed by atoms with E-state index in [0.717, 1.165) is 0 Å². The summed E-state index contributed by atoms with van der Waals surface area (Å²) in [6.45, 7) is 6.40. The molecule has 0 aliphatic carbocycles. The van der Waals surface area contributed by atoms with Crippen LogP contribution in [0.5, 0.6) is 0 Å². The fraction of sp³-hybridized carbons (Fsp3) is 0.333. The summed E-state index contributed by atoms with van der Waals surface area (Å²) in [7, 11) is 0. The number of ketones is 1. The van der Waals surface area contributed by atoms with Crippen LogP contribution in [-0.4, -0.2) is 28.9 Å². The second kappa shape index (κ2) is 7.74. The molecule has 1 aromatic carbocycles. The molecular weight excluding hydrogens is 324 g/mol. The van der Waals surface area contributed by atoms with Gasteiger partial charge in [-0.25, -0.2) is 4.79 Å². The lowest BCUT2D eigenvalue weighted by Crippen LogP contribution is -2.30. The van der Waals surface area contributed by atoms with Gasteiger partial charge in [0.05, 0.1) is 5.69 Å². The zero-order valence-corrected chi connectivity index (χ0v) is 14.6. The lowest BCUT2D eigenvalue weighted by Gasteiger charge is -2.13. The summed E-state index contributed by atoms with van der Waals surface area (Å²) in [5, 5.41) is 6.43. The van der Waals surface area contributed by atoms with Crippen molar-refractivity contribution in [2.75, 3.05) is 5.32 Å². The maximum absolute atomic E-state index is 12.3. The number of hydrogen-bond donors (Lipinski definition) is 1. The average Bonchev–Trinajstić information content (AvgIpc) is 2.96. The van der Waals surface area contributed by atoms with Crippen LogP contribution in [0.1, 0.15) is 52.9 Å². The second-order valence-electron chi connectivity index (χ2n) is 5.58. The van der Waals surface area contributed by atoms with Crippen LogP contribution in [0.25, 0.3) is 0 Å².